The highest BCUT2D eigenvalue weighted by molar-refractivity contribution is 6.20. The molecule has 0 spiro atoms. The fraction of sp³-hybridized carbons (Fsp3) is 0. The van der Waals surface area contributed by atoms with E-state index in [9.17, 15) is 0 Å². The quantitative estimate of drug-likeness (QED) is 0.190. The van der Waals surface area contributed by atoms with Crippen LogP contribution in [0.1, 0.15) is 0 Å². The fourth-order valence-electron chi connectivity index (χ4n) is 7.92. The van der Waals surface area contributed by atoms with Gasteiger partial charge in [0.05, 0.1) is 0 Å². The van der Waals surface area contributed by atoms with E-state index in [4.69, 9.17) is 19.4 Å². The molecule has 8 aromatic carbocycles. The molecule has 1 aliphatic carbocycles. The summed E-state index contributed by atoms with van der Waals surface area (Å²) in [4.78, 5) is 15.6. The lowest BCUT2D eigenvalue weighted by Crippen LogP contribution is -2.01. The first-order chi connectivity index (χ1) is 25.3. The van der Waals surface area contributed by atoms with Gasteiger partial charge < -0.3 is 4.42 Å². The zero-order chi connectivity index (χ0) is 33.5. The van der Waals surface area contributed by atoms with Crippen LogP contribution in [-0.2, 0) is 0 Å². The highest BCUT2D eigenvalue weighted by Crippen LogP contribution is 2.50. The third kappa shape index (κ3) is 4.30. The van der Waals surface area contributed by atoms with Gasteiger partial charge >= 0.3 is 0 Å². The summed E-state index contributed by atoms with van der Waals surface area (Å²) in [6.45, 7) is 0. The van der Waals surface area contributed by atoms with E-state index in [0.717, 1.165) is 60.5 Å². The fourth-order valence-corrected chi connectivity index (χ4v) is 7.92. The van der Waals surface area contributed by atoms with Crippen LogP contribution in [0.2, 0.25) is 0 Å². The molecule has 0 unspecified atom stereocenters. The third-order valence-electron chi connectivity index (χ3n) is 10.2. The van der Waals surface area contributed by atoms with Gasteiger partial charge in [-0.1, -0.05) is 133 Å². The number of hydrogen-bond acceptors (Lipinski definition) is 4. The number of benzene rings is 8. The van der Waals surface area contributed by atoms with Gasteiger partial charge in [-0.25, -0.2) is 15.0 Å². The van der Waals surface area contributed by atoms with Gasteiger partial charge in [-0.3, -0.25) is 0 Å². The molecule has 10 aromatic rings. The van der Waals surface area contributed by atoms with Crippen molar-refractivity contribution in [3.05, 3.63) is 164 Å². The van der Waals surface area contributed by atoms with Gasteiger partial charge in [-0.15, -0.1) is 0 Å². The average molecular weight is 650 g/mol. The van der Waals surface area contributed by atoms with Gasteiger partial charge in [0.15, 0.2) is 17.5 Å². The Bertz CT molecular complexity index is 3010. The van der Waals surface area contributed by atoms with Crippen LogP contribution in [0.4, 0.5) is 0 Å². The first kappa shape index (κ1) is 28.0. The summed E-state index contributed by atoms with van der Waals surface area (Å²) in [5.74, 6) is 1.85. The molecule has 0 bridgehead atoms. The standard InChI is InChI=1S/C47H27N3O/c1-3-12-28(13-4-1)32-24-31-16-7-8-19-33(31)39(25-32)47-49-45(30-14-5-2-6-15-30)48-46(50-47)36-22-11-23-41-44(36)40-26-37-34-20-9-17-29-18-10-21-35(43(29)34)38(37)27-42(40)51-41/h1-27H. The highest BCUT2D eigenvalue weighted by Gasteiger charge is 2.25. The largest absolute Gasteiger partial charge is 0.456 e. The van der Waals surface area contributed by atoms with Crippen LogP contribution in [0.3, 0.4) is 0 Å². The van der Waals surface area contributed by atoms with Crippen LogP contribution < -0.4 is 0 Å². The first-order valence-corrected chi connectivity index (χ1v) is 17.2. The van der Waals surface area contributed by atoms with Crippen molar-refractivity contribution in [2.24, 2.45) is 0 Å². The van der Waals surface area contributed by atoms with Gasteiger partial charge in [0.2, 0.25) is 0 Å². The molecule has 11 rings (SSSR count). The van der Waals surface area contributed by atoms with Crippen LogP contribution in [0, 0.1) is 0 Å². The monoisotopic (exact) mass is 649 g/mol. The van der Waals surface area contributed by atoms with Crippen molar-refractivity contribution in [1.29, 1.82) is 0 Å². The Kier molecular flexibility index (Phi) is 5.92. The lowest BCUT2D eigenvalue weighted by Gasteiger charge is -2.13. The number of nitrogens with zero attached hydrogens (tertiary/aromatic N) is 3. The molecule has 0 amide bonds. The van der Waals surface area contributed by atoms with Gasteiger partial charge in [-0.2, -0.15) is 0 Å². The van der Waals surface area contributed by atoms with E-state index in [1.165, 1.54) is 33.0 Å². The van der Waals surface area contributed by atoms with Crippen LogP contribution >= 0.6 is 0 Å². The Balaban J connectivity index is 1.18. The summed E-state index contributed by atoms with van der Waals surface area (Å²) in [7, 11) is 0. The van der Waals surface area contributed by atoms with Crippen molar-refractivity contribution >= 4 is 43.5 Å². The van der Waals surface area contributed by atoms with Crippen LogP contribution in [0.5, 0.6) is 0 Å². The van der Waals surface area contributed by atoms with Crippen molar-refractivity contribution in [3.63, 3.8) is 0 Å². The van der Waals surface area contributed by atoms with Crippen molar-refractivity contribution in [1.82, 2.24) is 15.0 Å². The molecule has 0 fully saturated rings. The normalized spacial score (nSPS) is 11.9. The summed E-state index contributed by atoms with van der Waals surface area (Å²) in [5.41, 5.74) is 11.6. The number of aromatic nitrogens is 3. The second-order valence-corrected chi connectivity index (χ2v) is 13.2. The Hall–Kier alpha value is -6.91. The minimum atomic E-state index is 0.604. The minimum absolute atomic E-state index is 0.604. The SMILES string of the molecule is c1ccc(-c2cc(-c3nc(-c4ccccc4)nc(-c4cccc5oc6cc7c(cc6c45)-c4cccc5cccc-7c45)n3)c3ccccc3c2)cc1. The highest BCUT2D eigenvalue weighted by atomic mass is 16.3. The molecule has 0 atom stereocenters. The predicted molar refractivity (Wildman–Crippen MR) is 208 cm³/mol. The lowest BCUT2D eigenvalue weighted by molar-refractivity contribution is 0.669. The molecule has 51 heavy (non-hydrogen) atoms. The molecular weight excluding hydrogens is 623 g/mol. The average Bonchev–Trinajstić information content (AvgIpc) is 3.73. The third-order valence-corrected chi connectivity index (χ3v) is 10.2. The lowest BCUT2D eigenvalue weighted by atomic mass is 9.96. The van der Waals surface area contributed by atoms with E-state index in [1.807, 2.05) is 36.4 Å². The Morgan fingerprint density at radius 3 is 1.71 bits per heavy atom. The van der Waals surface area contributed by atoms with Gasteiger partial charge in [-0.05, 0) is 85.3 Å². The molecular formula is C47H27N3O. The van der Waals surface area contributed by atoms with E-state index in [1.54, 1.807) is 0 Å². The van der Waals surface area contributed by atoms with Crippen molar-refractivity contribution in [2.75, 3.05) is 0 Å². The summed E-state index contributed by atoms with van der Waals surface area (Å²) < 4.78 is 6.62. The molecule has 2 aromatic heterocycles. The van der Waals surface area contributed by atoms with Crippen molar-refractivity contribution < 1.29 is 4.42 Å². The Morgan fingerprint density at radius 2 is 0.922 bits per heavy atom. The van der Waals surface area contributed by atoms with E-state index in [-0.39, 0.29) is 0 Å². The summed E-state index contributed by atoms with van der Waals surface area (Å²) in [6.07, 6.45) is 0. The van der Waals surface area contributed by atoms with Gasteiger partial charge in [0.25, 0.3) is 0 Å². The second kappa shape index (κ2) is 10.8. The smallest absolute Gasteiger partial charge is 0.164 e. The van der Waals surface area contributed by atoms with Crippen LogP contribution in [0.25, 0.3) is 111 Å². The first-order valence-electron chi connectivity index (χ1n) is 17.2. The van der Waals surface area contributed by atoms with Crippen molar-refractivity contribution in [3.8, 4) is 67.5 Å². The molecule has 4 nitrogen and oxygen atoms in total. The van der Waals surface area contributed by atoms with E-state index < -0.39 is 0 Å². The zero-order valence-corrected chi connectivity index (χ0v) is 27.3. The maximum Gasteiger partial charge on any atom is 0.164 e. The number of hydrogen-bond donors (Lipinski definition) is 0. The summed E-state index contributed by atoms with van der Waals surface area (Å²) in [5, 5.41) is 6.81. The molecule has 4 heteroatoms. The predicted octanol–water partition coefficient (Wildman–Crippen LogP) is 12.4. The maximum atomic E-state index is 6.62. The van der Waals surface area contributed by atoms with Crippen LogP contribution in [0.15, 0.2) is 168 Å². The maximum absolute atomic E-state index is 6.62. The Labute approximate surface area is 293 Å². The minimum Gasteiger partial charge on any atom is -0.456 e. The van der Waals surface area contributed by atoms with Crippen molar-refractivity contribution in [2.45, 2.75) is 0 Å². The number of fused-ring (bicyclic) bond motifs is 7. The Morgan fingerprint density at radius 1 is 0.314 bits per heavy atom. The number of rotatable bonds is 4. The van der Waals surface area contributed by atoms with Crippen LogP contribution in [-0.4, -0.2) is 15.0 Å². The second-order valence-electron chi connectivity index (χ2n) is 13.2. The molecule has 0 saturated carbocycles. The summed E-state index contributed by atoms with van der Waals surface area (Å²) >= 11 is 0. The number of furan rings is 1. The molecule has 1 aliphatic rings. The molecule has 2 heterocycles. The molecule has 0 N–H and O–H groups in total. The summed E-state index contributed by atoms with van der Waals surface area (Å²) in [6, 6.07) is 57.3. The molecule has 0 radical (unpaired) electrons. The van der Waals surface area contributed by atoms with E-state index in [0.29, 0.717) is 17.5 Å². The topological polar surface area (TPSA) is 51.8 Å². The molecule has 0 saturated heterocycles. The molecule has 236 valence electrons. The van der Waals surface area contributed by atoms with Gasteiger partial charge in [0, 0.05) is 27.5 Å². The van der Waals surface area contributed by atoms with E-state index in [2.05, 4.69) is 127 Å². The van der Waals surface area contributed by atoms with Gasteiger partial charge in [0.1, 0.15) is 11.2 Å². The zero-order valence-electron chi connectivity index (χ0n) is 27.3. The molecule has 0 aliphatic heterocycles. The van der Waals surface area contributed by atoms with E-state index >= 15 is 0 Å².